The Morgan fingerprint density at radius 2 is 2.31 bits per heavy atom. The number of hydrogen-bond donors (Lipinski definition) is 1. The topological polar surface area (TPSA) is 30.5 Å². The zero-order chi connectivity index (χ0) is 11.4. The van der Waals surface area contributed by atoms with Crippen LogP contribution in [-0.4, -0.2) is 26.3 Å². The molecule has 1 atom stereocenters. The van der Waals surface area contributed by atoms with Gasteiger partial charge in [-0.25, -0.2) is 0 Å². The molecule has 88 valence electrons. The van der Waals surface area contributed by atoms with Gasteiger partial charge in [0.05, 0.1) is 11.6 Å². The molecule has 1 N–H and O–H groups in total. The summed E-state index contributed by atoms with van der Waals surface area (Å²) in [6, 6.07) is 5.78. The van der Waals surface area contributed by atoms with Gasteiger partial charge in [0, 0.05) is 6.54 Å². The van der Waals surface area contributed by atoms with Crippen LogP contribution in [0.2, 0.25) is 0 Å². The maximum Gasteiger partial charge on any atom is 0.134 e. The van der Waals surface area contributed by atoms with E-state index in [1.807, 2.05) is 18.2 Å². The van der Waals surface area contributed by atoms with E-state index in [-0.39, 0.29) is 6.10 Å². The second kappa shape index (κ2) is 5.55. The van der Waals surface area contributed by atoms with E-state index in [1.54, 1.807) is 7.11 Å². The Balaban J connectivity index is 2.03. The Bertz CT molecular complexity index is 351. The molecule has 1 aliphatic heterocycles. The van der Waals surface area contributed by atoms with Crippen LogP contribution in [0.1, 0.15) is 12.8 Å². The first-order valence-electron chi connectivity index (χ1n) is 5.50. The molecule has 1 aromatic carbocycles. The van der Waals surface area contributed by atoms with Crippen LogP contribution in [-0.2, 0) is 0 Å². The highest BCUT2D eigenvalue weighted by Gasteiger charge is 2.15. The predicted molar refractivity (Wildman–Crippen MR) is 67.2 cm³/mol. The molecule has 1 unspecified atom stereocenters. The van der Waals surface area contributed by atoms with Crippen molar-refractivity contribution in [3.63, 3.8) is 0 Å². The predicted octanol–water partition coefficient (Wildman–Crippen LogP) is 2.59. The molecule has 0 aromatic heterocycles. The van der Waals surface area contributed by atoms with Crippen LogP contribution >= 0.6 is 15.9 Å². The van der Waals surface area contributed by atoms with Crippen molar-refractivity contribution in [3.05, 3.63) is 22.7 Å². The van der Waals surface area contributed by atoms with Crippen LogP contribution in [0.4, 0.5) is 0 Å². The minimum atomic E-state index is 0.276. The van der Waals surface area contributed by atoms with Crippen molar-refractivity contribution in [3.8, 4) is 11.5 Å². The summed E-state index contributed by atoms with van der Waals surface area (Å²) in [7, 11) is 1.66. The lowest BCUT2D eigenvalue weighted by Crippen LogP contribution is -2.37. The highest BCUT2D eigenvalue weighted by atomic mass is 79.9. The number of benzene rings is 1. The van der Waals surface area contributed by atoms with Crippen LogP contribution in [0, 0.1) is 0 Å². The zero-order valence-corrected chi connectivity index (χ0v) is 10.9. The van der Waals surface area contributed by atoms with E-state index in [4.69, 9.17) is 9.47 Å². The SMILES string of the molecule is COc1ccc(OC2CCCNC2)c(Br)c1. The van der Waals surface area contributed by atoms with Crippen LogP contribution in [0.3, 0.4) is 0 Å². The fraction of sp³-hybridized carbons (Fsp3) is 0.500. The third kappa shape index (κ3) is 2.89. The molecule has 16 heavy (non-hydrogen) atoms. The van der Waals surface area contributed by atoms with Gasteiger partial charge in [0.15, 0.2) is 0 Å². The number of hydrogen-bond acceptors (Lipinski definition) is 3. The van der Waals surface area contributed by atoms with Crippen LogP contribution < -0.4 is 14.8 Å². The molecule has 4 heteroatoms. The summed E-state index contributed by atoms with van der Waals surface area (Å²) in [4.78, 5) is 0. The first-order valence-corrected chi connectivity index (χ1v) is 6.30. The summed E-state index contributed by atoms with van der Waals surface area (Å²) in [5.74, 6) is 1.72. The number of rotatable bonds is 3. The quantitative estimate of drug-likeness (QED) is 0.926. The number of halogens is 1. The minimum Gasteiger partial charge on any atom is -0.497 e. The summed E-state index contributed by atoms with van der Waals surface area (Å²) in [6.07, 6.45) is 2.57. The van der Waals surface area contributed by atoms with E-state index < -0.39 is 0 Å². The molecule has 1 aromatic rings. The summed E-state index contributed by atoms with van der Waals surface area (Å²) in [5.41, 5.74) is 0. The molecule has 3 nitrogen and oxygen atoms in total. The average molecular weight is 286 g/mol. The lowest BCUT2D eigenvalue weighted by Gasteiger charge is -2.24. The Labute approximate surface area is 104 Å². The maximum absolute atomic E-state index is 5.92. The summed E-state index contributed by atoms with van der Waals surface area (Å²) in [6.45, 7) is 2.03. The van der Waals surface area contributed by atoms with E-state index in [2.05, 4.69) is 21.2 Å². The number of nitrogens with one attached hydrogen (secondary N) is 1. The average Bonchev–Trinajstić information content (AvgIpc) is 2.33. The van der Waals surface area contributed by atoms with Crippen molar-refractivity contribution >= 4 is 15.9 Å². The van der Waals surface area contributed by atoms with Gasteiger partial charge in [-0.1, -0.05) is 0 Å². The van der Waals surface area contributed by atoms with Crippen molar-refractivity contribution in [1.29, 1.82) is 0 Å². The van der Waals surface area contributed by atoms with Gasteiger partial charge in [-0.2, -0.15) is 0 Å². The molecule has 0 saturated carbocycles. The van der Waals surface area contributed by atoms with E-state index in [9.17, 15) is 0 Å². The molecule has 0 radical (unpaired) electrons. The Kier molecular flexibility index (Phi) is 4.07. The molecule has 0 aliphatic carbocycles. The molecule has 0 spiro atoms. The van der Waals surface area contributed by atoms with Gasteiger partial charge in [-0.05, 0) is 53.5 Å². The summed E-state index contributed by atoms with van der Waals surface area (Å²) < 4.78 is 12.0. The van der Waals surface area contributed by atoms with Crippen LogP contribution in [0.25, 0.3) is 0 Å². The second-order valence-electron chi connectivity index (χ2n) is 3.88. The maximum atomic E-state index is 5.92. The molecule has 2 rings (SSSR count). The standard InChI is InChI=1S/C12H16BrNO2/c1-15-9-4-5-12(11(13)7-9)16-10-3-2-6-14-8-10/h4-5,7,10,14H,2-3,6,8H2,1H3. The van der Waals surface area contributed by atoms with Gasteiger partial charge in [0.1, 0.15) is 17.6 Å². The summed E-state index contributed by atoms with van der Waals surface area (Å²) >= 11 is 3.49. The number of ether oxygens (including phenoxy) is 2. The Morgan fingerprint density at radius 3 is 2.94 bits per heavy atom. The largest absolute Gasteiger partial charge is 0.497 e. The molecule has 1 heterocycles. The lowest BCUT2D eigenvalue weighted by molar-refractivity contribution is 0.166. The molecule has 1 fully saturated rings. The van der Waals surface area contributed by atoms with Gasteiger partial charge in [-0.3, -0.25) is 0 Å². The van der Waals surface area contributed by atoms with Gasteiger partial charge in [-0.15, -0.1) is 0 Å². The summed E-state index contributed by atoms with van der Waals surface area (Å²) in [5, 5.41) is 3.33. The molecule has 0 bridgehead atoms. The van der Waals surface area contributed by atoms with E-state index in [0.29, 0.717) is 0 Å². The van der Waals surface area contributed by atoms with Gasteiger partial charge >= 0.3 is 0 Å². The molecule has 1 saturated heterocycles. The smallest absolute Gasteiger partial charge is 0.134 e. The van der Waals surface area contributed by atoms with E-state index >= 15 is 0 Å². The second-order valence-corrected chi connectivity index (χ2v) is 4.74. The minimum absolute atomic E-state index is 0.276. The normalized spacial score (nSPS) is 20.5. The monoisotopic (exact) mass is 285 g/mol. The highest BCUT2D eigenvalue weighted by molar-refractivity contribution is 9.10. The zero-order valence-electron chi connectivity index (χ0n) is 9.33. The Morgan fingerprint density at radius 1 is 1.44 bits per heavy atom. The van der Waals surface area contributed by atoms with Crippen LogP contribution in [0.5, 0.6) is 11.5 Å². The first kappa shape index (κ1) is 11.7. The molecular formula is C12H16BrNO2. The van der Waals surface area contributed by atoms with Gasteiger partial charge in [0.2, 0.25) is 0 Å². The molecular weight excluding hydrogens is 270 g/mol. The van der Waals surface area contributed by atoms with Gasteiger partial charge in [0.25, 0.3) is 0 Å². The van der Waals surface area contributed by atoms with Crippen molar-refractivity contribution in [2.45, 2.75) is 18.9 Å². The third-order valence-corrected chi connectivity index (χ3v) is 3.30. The van der Waals surface area contributed by atoms with Crippen molar-refractivity contribution in [2.75, 3.05) is 20.2 Å². The fourth-order valence-electron chi connectivity index (χ4n) is 1.80. The Hall–Kier alpha value is -0.740. The molecule has 1 aliphatic rings. The number of piperidine rings is 1. The molecule has 0 amide bonds. The fourth-order valence-corrected chi connectivity index (χ4v) is 2.26. The van der Waals surface area contributed by atoms with E-state index in [1.165, 1.54) is 6.42 Å². The van der Waals surface area contributed by atoms with Crippen molar-refractivity contribution in [2.24, 2.45) is 0 Å². The van der Waals surface area contributed by atoms with Crippen molar-refractivity contribution < 1.29 is 9.47 Å². The van der Waals surface area contributed by atoms with Crippen LogP contribution in [0.15, 0.2) is 22.7 Å². The lowest BCUT2D eigenvalue weighted by atomic mass is 10.1. The number of methoxy groups -OCH3 is 1. The first-order chi connectivity index (χ1) is 7.79. The van der Waals surface area contributed by atoms with E-state index in [0.717, 1.165) is 35.5 Å². The van der Waals surface area contributed by atoms with Gasteiger partial charge < -0.3 is 14.8 Å². The highest BCUT2D eigenvalue weighted by Crippen LogP contribution is 2.30. The third-order valence-electron chi connectivity index (χ3n) is 2.68. The van der Waals surface area contributed by atoms with Crippen molar-refractivity contribution in [1.82, 2.24) is 5.32 Å².